The van der Waals surface area contributed by atoms with Crippen molar-refractivity contribution >= 4 is 11.8 Å². The maximum atomic E-state index is 11.8. The molecule has 3 aliphatic rings. The van der Waals surface area contributed by atoms with Gasteiger partial charge in [0.05, 0.1) is 12.7 Å². The van der Waals surface area contributed by atoms with Crippen LogP contribution in [-0.2, 0) is 14.3 Å². The van der Waals surface area contributed by atoms with Crippen molar-refractivity contribution in [2.45, 2.75) is 90.3 Å². The monoisotopic (exact) mass is 364 g/mol. The van der Waals surface area contributed by atoms with E-state index in [1.807, 2.05) is 4.90 Å². The molecule has 0 aromatic heterocycles. The van der Waals surface area contributed by atoms with E-state index in [-0.39, 0.29) is 18.1 Å². The quantitative estimate of drug-likeness (QED) is 0.613. The van der Waals surface area contributed by atoms with Gasteiger partial charge in [0.1, 0.15) is 0 Å². The number of amides is 2. The molecule has 2 aliphatic carbocycles. The van der Waals surface area contributed by atoms with Gasteiger partial charge in [0.25, 0.3) is 0 Å². The molecule has 1 aliphatic heterocycles. The molecular formula is C21H36N2O3. The van der Waals surface area contributed by atoms with Gasteiger partial charge in [0.2, 0.25) is 11.8 Å². The topological polar surface area (TPSA) is 58.6 Å². The Morgan fingerprint density at radius 3 is 2.65 bits per heavy atom. The summed E-state index contributed by atoms with van der Waals surface area (Å²) in [5.74, 6) is 2.24. The van der Waals surface area contributed by atoms with Crippen molar-refractivity contribution in [2.24, 2.45) is 17.8 Å². The summed E-state index contributed by atoms with van der Waals surface area (Å²) < 4.78 is 6.06. The minimum atomic E-state index is 0.253. The van der Waals surface area contributed by atoms with Crippen molar-refractivity contribution in [3.05, 3.63) is 0 Å². The predicted octanol–water partition coefficient (Wildman–Crippen LogP) is 3.12. The number of carbonyl (C=O) groups excluding carboxylic acids is 2. The minimum Gasteiger partial charge on any atom is -0.378 e. The summed E-state index contributed by atoms with van der Waals surface area (Å²) in [6.07, 6.45) is 8.47. The molecule has 0 radical (unpaired) electrons. The molecule has 5 atom stereocenters. The fourth-order valence-electron chi connectivity index (χ4n) is 4.16. The maximum absolute atomic E-state index is 11.8. The van der Waals surface area contributed by atoms with Gasteiger partial charge in [0, 0.05) is 31.0 Å². The number of hydrogen-bond donors (Lipinski definition) is 1. The largest absolute Gasteiger partial charge is 0.378 e. The Balaban J connectivity index is 1.24. The zero-order chi connectivity index (χ0) is 18.7. The molecule has 0 bridgehead atoms. The van der Waals surface area contributed by atoms with Crippen molar-refractivity contribution in [2.75, 3.05) is 13.2 Å². The Kier molecular flexibility index (Phi) is 6.60. The van der Waals surface area contributed by atoms with Gasteiger partial charge in [-0.05, 0) is 77.6 Å². The normalized spacial score (nSPS) is 28.7. The summed E-state index contributed by atoms with van der Waals surface area (Å²) in [7, 11) is 0. The molecule has 0 aromatic rings. The van der Waals surface area contributed by atoms with Gasteiger partial charge in [-0.25, -0.2) is 0 Å². The van der Waals surface area contributed by atoms with Crippen molar-refractivity contribution in [1.82, 2.24) is 10.2 Å². The van der Waals surface area contributed by atoms with E-state index < -0.39 is 0 Å². The molecule has 2 amide bonds. The molecule has 0 spiro atoms. The van der Waals surface area contributed by atoms with Gasteiger partial charge in [-0.2, -0.15) is 0 Å². The lowest BCUT2D eigenvalue weighted by molar-refractivity contribution is -0.129. The molecule has 5 heteroatoms. The van der Waals surface area contributed by atoms with Crippen LogP contribution in [0.3, 0.4) is 0 Å². The van der Waals surface area contributed by atoms with Crippen LogP contribution in [0.4, 0.5) is 0 Å². The van der Waals surface area contributed by atoms with E-state index in [0.29, 0.717) is 29.7 Å². The van der Waals surface area contributed by atoms with Crippen molar-refractivity contribution in [3.8, 4) is 0 Å². The number of likely N-dealkylation sites (tertiary alicyclic amines) is 1. The van der Waals surface area contributed by atoms with E-state index in [0.717, 1.165) is 58.1 Å². The first kappa shape index (κ1) is 19.7. The molecule has 5 nitrogen and oxygen atoms in total. The second-order valence-corrected chi connectivity index (χ2v) is 8.94. The van der Waals surface area contributed by atoms with Gasteiger partial charge in [-0.1, -0.05) is 0 Å². The summed E-state index contributed by atoms with van der Waals surface area (Å²) in [6, 6.07) is 0.620. The average Bonchev–Trinajstić information content (AvgIpc) is 3.50. The van der Waals surface area contributed by atoms with Crippen LogP contribution >= 0.6 is 0 Å². The van der Waals surface area contributed by atoms with Crippen LogP contribution in [0.2, 0.25) is 0 Å². The molecule has 1 saturated heterocycles. The first-order valence-electron chi connectivity index (χ1n) is 10.7. The first-order chi connectivity index (χ1) is 12.4. The summed E-state index contributed by atoms with van der Waals surface area (Å²) >= 11 is 0. The average molecular weight is 365 g/mol. The Morgan fingerprint density at radius 1 is 1.23 bits per heavy atom. The molecular weight excluding hydrogens is 328 g/mol. The smallest absolute Gasteiger partial charge is 0.223 e. The number of ether oxygens (including phenoxy) is 1. The van der Waals surface area contributed by atoms with Crippen molar-refractivity contribution in [3.63, 3.8) is 0 Å². The van der Waals surface area contributed by atoms with Crippen LogP contribution in [0.15, 0.2) is 0 Å². The highest BCUT2D eigenvalue weighted by Crippen LogP contribution is 2.42. The zero-order valence-corrected chi connectivity index (χ0v) is 16.7. The van der Waals surface area contributed by atoms with E-state index in [1.54, 1.807) is 0 Å². The fourth-order valence-corrected chi connectivity index (χ4v) is 4.16. The predicted molar refractivity (Wildman–Crippen MR) is 102 cm³/mol. The van der Waals surface area contributed by atoms with Crippen molar-refractivity contribution < 1.29 is 14.3 Å². The third-order valence-corrected chi connectivity index (χ3v) is 6.29. The highest BCUT2D eigenvalue weighted by molar-refractivity contribution is 5.81. The summed E-state index contributed by atoms with van der Waals surface area (Å²) in [6.45, 7) is 8.19. The molecule has 0 aromatic carbocycles. The van der Waals surface area contributed by atoms with Crippen LogP contribution in [0.25, 0.3) is 0 Å². The van der Waals surface area contributed by atoms with E-state index in [4.69, 9.17) is 4.74 Å². The Labute approximate surface area is 158 Å². The lowest BCUT2D eigenvalue weighted by Crippen LogP contribution is -2.34. The molecule has 2 saturated carbocycles. The van der Waals surface area contributed by atoms with Crippen LogP contribution < -0.4 is 5.32 Å². The molecule has 1 N–H and O–H groups in total. The Hall–Kier alpha value is -1.10. The number of carbonyl (C=O) groups is 2. The summed E-state index contributed by atoms with van der Waals surface area (Å²) in [5, 5.41) is 3.15. The van der Waals surface area contributed by atoms with E-state index in [1.165, 1.54) is 6.42 Å². The summed E-state index contributed by atoms with van der Waals surface area (Å²) in [4.78, 5) is 25.6. The second kappa shape index (κ2) is 8.73. The number of nitrogens with one attached hydrogen (secondary N) is 1. The zero-order valence-electron chi connectivity index (χ0n) is 16.7. The van der Waals surface area contributed by atoms with Gasteiger partial charge in [-0.3, -0.25) is 9.59 Å². The number of nitrogens with zero attached hydrogens (tertiary/aromatic N) is 1. The molecule has 3 fully saturated rings. The molecule has 1 heterocycles. The Morgan fingerprint density at radius 2 is 2.00 bits per heavy atom. The van der Waals surface area contributed by atoms with Crippen LogP contribution in [0.5, 0.6) is 0 Å². The SMILES string of the molecule is CC(CC1CC1COC(C)CCC(C)N1CCCC1=O)NC(=O)C1CC1. The number of rotatable bonds is 11. The van der Waals surface area contributed by atoms with Gasteiger partial charge < -0.3 is 15.0 Å². The lowest BCUT2D eigenvalue weighted by atomic mass is 10.1. The molecule has 26 heavy (non-hydrogen) atoms. The first-order valence-corrected chi connectivity index (χ1v) is 10.7. The molecule has 5 unspecified atom stereocenters. The van der Waals surface area contributed by atoms with Gasteiger partial charge in [-0.15, -0.1) is 0 Å². The van der Waals surface area contributed by atoms with Crippen molar-refractivity contribution in [1.29, 1.82) is 0 Å². The minimum absolute atomic E-state index is 0.253. The fraction of sp³-hybridized carbons (Fsp3) is 0.905. The Bertz CT molecular complexity index is 505. The molecule has 3 rings (SSSR count). The highest BCUT2D eigenvalue weighted by atomic mass is 16.5. The maximum Gasteiger partial charge on any atom is 0.223 e. The van der Waals surface area contributed by atoms with E-state index in [9.17, 15) is 9.59 Å². The highest BCUT2D eigenvalue weighted by Gasteiger charge is 2.39. The van der Waals surface area contributed by atoms with Crippen LogP contribution in [0, 0.1) is 17.8 Å². The number of hydrogen-bond acceptors (Lipinski definition) is 3. The molecule has 148 valence electrons. The summed E-state index contributed by atoms with van der Waals surface area (Å²) in [5.41, 5.74) is 0. The second-order valence-electron chi connectivity index (χ2n) is 8.94. The van der Waals surface area contributed by atoms with E-state index in [2.05, 4.69) is 26.1 Å². The van der Waals surface area contributed by atoms with Crippen LogP contribution in [-0.4, -0.2) is 48.1 Å². The van der Waals surface area contributed by atoms with E-state index >= 15 is 0 Å². The third-order valence-electron chi connectivity index (χ3n) is 6.29. The lowest BCUT2D eigenvalue weighted by Gasteiger charge is -2.25. The third kappa shape index (κ3) is 5.70. The standard InChI is InChI=1S/C21H36N2O3/c1-14(22-21(25)17-8-9-17)11-18-12-19(18)13-26-16(3)7-6-15(2)23-10-4-5-20(23)24/h14-19H,4-13H2,1-3H3,(H,22,25). The van der Waals surface area contributed by atoms with Gasteiger partial charge in [0.15, 0.2) is 0 Å². The van der Waals surface area contributed by atoms with Gasteiger partial charge >= 0.3 is 0 Å². The van der Waals surface area contributed by atoms with Crippen LogP contribution in [0.1, 0.15) is 72.1 Å².